The Kier molecular flexibility index (Phi) is 5.03. The number of piperazine rings is 1. The van der Waals surface area contributed by atoms with Crippen LogP contribution in [-0.2, 0) is 4.79 Å². The van der Waals surface area contributed by atoms with E-state index in [4.69, 9.17) is 4.42 Å². The Hall–Kier alpha value is -4.20. The fourth-order valence-corrected chi connectivity index (χ4v) is 3.98. The molecule has 5 rings (SSSR count). The van der Waals surface area contributed by atoms with Gasteiger partial charge in [-0.1, -0.05) is 18.2 Å². The Morgan fingerprint density at radius 2 is 1.66 bits per heavy atom. The lowest BCUT2D eigenvalue weighted by Gasteiger charge is -2.34. The maximum Gasteiger partial charge on any atom is 0.295 e. The molecule has 160 valence electrons. The molecule has 0 saturated carbocycles. The molecule has 0 bridgehead atoms. The van der Waals surface area contributed by atoms with Crippen LogP contribution in [0, 0.1) is 0 Å². The number of carbonyl (C=O) groups is 3. The highest BCUT2D eigenvalue weighted by molar-refractivity contribution is 6.45. The largest absolute Gasteiger partial charge is 0.463 e. The summed E-state index contributed by atoms with van der Waals surface area (Å²) in [7, 11) is 0. The van der Waals surface area contributed by atoms with Gasteiger partial charge in [-0.05, 0) is 30.3 Å². The summed E-state index contributed by atoms with van der Waals surface area (Å²) in [4.78, 5) is 49.2. The van der Waals surface area contributed by atoms with Gasteiger partial charge in [0.15, 0.2) is 5.76 Å². The minimum atomic E-state index is -0.587. The number of nitrogens with zero attached hydrogens (tertiary/aromatic N) is 3. The first-order valence-electron chi connectivity index (χ1n) is 10.3. The second-order valence-electron chi connectivity index (χ2n) is 7.54. The van der Waals surface area contributed by atoms with Gasteiger partial charge in [0, 0.05) is 49.5 Å². The number of amides is 2. The van der Waals surface area contributed by atoms with E-state index in [0.29, 0.717) is 59.7 Å². The summed E-state index contributed by atoms with van der Waals surface area (Å²) in [6, 6.07) is 14.3. The van der Waals surface area contributed by atoms with Gasteiger partial charge in [0.05, 0.1) is 17.3 Å². The van der Waals surface area contributed by atoms with Crippen molar-refractivity contribution in [3.63, 3.8) is 0 Å². The molecule has 1 aliphatic rings. The van der Waals surface area contributed by atoms with Crippen LogP contribution in [0.1, 0.15) is 20.7 Å². The van der Waals surface area contributed by atoms with Crippen LogP contribution >= 0.6 is 0 Å². The molecule has 4 heterocycles. The van der Waals surface area contributed by atoms with Crippen molar-refractivity contribution in [3.05, 3.63) is 78.3 Å². The summed E-state index contributed by atoms with van der Waals surface area (Å²) in [5.41, 5.74) is 2.12. The molecule has 0 atom stereocenters. The summed E-state index contributed by atoms with van der Waals surface area (Å²) in [6.45, 7) is 1.38. The Bertz CT molecular complexity index is 1290. The standard InChI is InChI=1S/C24H20N4O4/c29-22(18-15-26-20-17(18)8-9-25-21(20)19-7-4-14-32-19)24(31)28-12-10-27(11-13-28)23(30)16-5-2-1-3-6-16/h1-9,14-15,26H,10-13H2. The number of aromatic amines is 1. The van der Waals surface area contributed by atoms with E-state index in [9.17, 15) is 14.4 Å². The van der Waals surface area contributed by atoms with Crippen LogP contribution in [0.15, 0.2) is 71.6 Å². The molecular weight excluding hydrogens is 408 g/mol. The highest BCUT2D eigenvalue weighted by Gasteiger charge is 2.30. The third-order valence-corrected chi connectivity index (χ3v) is 5.67. The number of benzene rings is 1. The predicted octanol–water partition coefficient (Wildman–Crippen LogP) is 2.99. The topological polar surface area (TPSA) is 99.5 Å². The number of nitrogens with one attached hydrogen (secondary N) is 1. The molecule has 1 saturated heterocycles. The first-order valence-corrected chi connectivity index (χ1v) is 10.3. The van der Waals surface area contributed by atoms with Crippen molar-refractivity contribution in [2.24, 2.45) is 0 Å². The minimum Gasteiger partial charge on any atom is -0.463 e. The van der Waals surface area contributed by atoms with Gasteiger partial charge in [-0.3, -0.25) is 19.4 Å². The summed E-state index contributed by atoms with van der Waals surface area (Å²) in [5, 5.41) is 0.614. The maximum atomic E-state index is 13.0. The van der Waals surface area contributed by atoms with Gasteiger partial charge in [0.1, 0.15) is 5.69 Å². The molecule has 1 N–H and O–H groups in total. The molecular formula is C24H20N4O4. The first kappa shape index (κ1) is 19.7. The number of Topliss-reactive ketones (excluding diaryl/α,β-unsaturated/α-hetero) is 1. The monoisotopic (exact) mass is 428 g/mol. The Morgan fingerprint density at radius 3 is 2.38 bits per heavy atom. The molecule has 4 aromatic rings. The van der Waals surface area contributed by atoms with Crippen LogP contribution < -0.4 is 0 Å². The Labute approximate surface area is 183 Å². The second kappa shape index (κ2) is 8.14. The van der Waals surface area contributed by atoms with Gasteiger partial charge in [-0.25, -0.2) is 0 Å². The van der Waals surface area contributed by atoms with Gasteiger partial charge in [0.2, 0.25) is 0 Å². The van der Waals surface area contributed by atoms with E-state index in [2.05, 4.69) is 9.97 Å². The summed E-state index contributed by atoms with van der Waals surface area (Å²) < 4.78 is 5.43. The molecule has 32 heavy (non-hydrogen) atoms. The number of rotatable bonds is 4. The molecule has 8 nitrogen and oxygen atoms in total. The van der Waals surface area contributed by atoms with Crippen molar-refractivity contribution in [1.29, 1.82) is 0 Å². The van der Waals surface area contributed by atoms with E-state index in [-0.39, 0.29) is 5.91 Å². The van der Waals surface area contributed by atoms with E-state index < -0.39 is 11.7 Å². The van der Waals surface area contributed by atoms with Crippen molar-refractivity contribution < 1.29 is 18.8 Å². The lowest BCUT2D eigenvalue weighted by atomic mass is 10.1. The number of hydrogen-bond donors (Lipinski definition) is 1. The highest BCUT2D eigenvalue weighted by atomic mass is 16.3. The normalized spacial score (nSPS) is 14.0. The van der Waals surface area contributed by atoms with Crippen LogP contribution in [0.2, 0.25) is 0 Å². The summed E-state index contributed by atoms with van der Waals surface area (Å²) in [6.07, 6.45) is 4.67. The molecule has 8 heteroatoms. The number of hydrogen-bond acceptors (Lipinski definition) is 5. The summed E-state index contributed by atoms with van der Waals surface area (Å²) in [5.74, 6) is -0.662. The maximum absolute atomic E-state index is 13.0. The SMILES string of the molecule is O=C(C(=O)N1CCN(C(=O)c2ccccc2)CC1)c1c[nH]c2c(-c3ccco3)nccc12. The zero-order chi connectivity index (χ0) is 22.1. The van der Waals surface area contributed by atoms with Crippen molar-refractivity contribution >= 4 is 28.5 Å². The van der Waals surface area contributed by atoms with Crippen LogP contribution in [0.5, 0.6) is 0 Å². The van der Waals surface area contributed by atoms with Crippen LogP contribution in [0.4, 0.5) is 0 Å². The van der Waals surface area contributed by atoms with E-state index in [1.807, 2.05) is 18.2 Å². The lowest BCUT2D eigenvalue weighted by molar-refractivity contribution is -0.127. The molecule has 0 unspecified atom stereocenters. The molecule has 1 aromatic carbocycles. The van der Waals surface area contributed by atoms with Gasteiger partial charge in [-0.2, -0.15) is 0 Å². The molecule has 0 aliphatic carbocycles. The number of H-pyrrole nitrogens is 1. The highest BCUT2D eigenvalue weighted by Crippen LogP contribution is 2.28. The van der Waals surface area contributed by atoms with Crippen molar-refractivity contribution in [2.45, 2.75) is 0 Å². The zero-order valence-electron chi connectivity index (χ0n) is 17.2. The molecule has 2 amide bonds. The van der Waals surface area contributed by atoms with Crippen LogP contribution in [0.3, 0.4) is 0 Å². The van der Waals surface area contributed by atoms with E-state index >= 15 is 0 Å². The van der Waals surface area contributed by atoms with E-state index in [1.54, 1.807) is 47.7 Å². The number of ketones is 1. The average molecular weight is 428 g/mol. The third kappa shape index (κ3) is 3.45. The summed E-state index contributed by atoms with van der Waals surface area (Å²) >= 11 is 0. The number of furan rings is 1. The van der Waals surface area contributed by atoms with Gasteiger partial charge in [0.25, 0.3) is 17.6 Å². The fraction of sp³-hybridized carbons (Fsp3) is 0.167. The molecule has 3 aromatic heterocycles. The molecule has 1 fully saturated rings. The van der Waals surface area contributed by atoms with Gasteiger partial charge >= 0.3 is 0 Å². The smallest absolute Gasteiger partial charge is 0.295 e. The Morgan fingerprint density at radius 1 is 0.906 bits per heavy atom. The number of carbonyl (C=O) groups excluding carboxylic acids is 3. The van der Waals surface area contributed by atoms with E-state index in [1.165, 1.54) is 11.1 Å². The van der Waals surface area contributed by atoms with Crippen molar-refractivity contribution in [3.8, 4) is 11.5 Å². The fourth-order valence-electron chi connectivity index (χ4n) is 3.98. The van der Waals surface area contributed by atoms with Gasteiger partial charge in [-0.15, -0.1) is 0 Å². The number of pyridine rings is 1. The second-order valence-corrected chi connectivity index (χ2v) is 7.54. The predicted molar refractivity (Wildman–Crippen MR) is 117 cm³/mol. The first-order chi connectivity index (χ1) is 15.6. The van der Waals surface area contributed by atoms with Gasteiger partial charge < -0.3 is 19.2 Å². The molecule has 1 aliphatic heterocycles. The van der Waals surface area contributed by atoms with Crippen LogP contribution in [0.25, 0.3) is 22.4 Å². The van der Waals surface area contributed by atoms with Crippen LogP contribution in [-0.4, -0.2) is 63.5 Å². The lowest BCUT2D eigenvalue weighted by Crippen LogP contribution is -2.52. The zero-order valence-corrected chi connectivity index (χ0v) is 17.2. The average Bonchev–Trinajstić information content (AvgIpc) is 3.53. The number of fused-ring (bicyclic) bond motifs is 1. The molecule has 0 radical (unpaired) electrons. The quantitative estimate of drug-likeness (QED) is 0.398. The molecule has 0 spiro atoms. The number of aromatic nitrogens is 2. The Balaban J connectivity index is 1.31. The van der Waals surface area contributed by atoms with Crippen molar-refractivity contribution in [1.82, 2.24) is 19.8 Å². The minimum absolute atomic E-state index is 0.0707. The van der Waals surface area contributed by atoms with Crippen molar-refractivity contribution in [2.75, 3.05) is 26.2 Å². The van der Waals surface area contributed by atoms with E-state index in [0.717, 1.165) is 0 Å². The third-order valence-electron chi connectivity index (χ3n) is 5.67.